The maximum Gasteiger partial charge on any atom is 0.322 e. The van der Waals surface area contributed by atoms with Gasteiger partial charge in [-0.2, -0.15) is 0 Å². The van der Waals surface area contributed by atoms with E-state index in [1.54, 1.807) is 44.8 Å². The van der Waals surface area contributed by atoms with Crippen LogP contribution in [0.4, 0.5) is 10.5 Å². The molecular formula is C21H22N4O3. The van der Waals surface area contributed by atoms with Crippen molar-refractivity contribution < 1.29 is 14.3 Å². The first-order valence-electron chi connectivity index (χ1n) is 9.06. The third-order valence-electron chi connectivity index (χ3n) is 4.97. The van der Waals surface area contributed by atoms with E-state index in [1.807, 2.05) is 29.3 Å². The number of nitrogens with one attached hydrogen (secondary N) is 1. The minimum Gasteiger partial charge on any atom is -0.497 e. The molecule has 1 aromatic carbocycles. The molecule has 0 radical (unpaired) electrons. The number of carbonyl (C=O) groups excluding carboxylic acids is 1. The van der Waals surface area contributed by atoms with E-state index in [9.17, 15) is 4.79 Å². The average Bonchev–Trinajstić information content (AvgIpc) is 3.22. The summed E-state index contributed by atoms with van der Waals surface area (Å²) in [6.45, 7) is 1.34. The predicted molar refractivity (Wildman–Crippen MR) is 106 cm³/mol. The van der Waals surface area contributed by atoms with Crippen LogP contribution in [-0.4, -0.2) is 41.2 Å². The summed E-state index contributed by atoms with van der Waals surface area (Å²) in [6.07, 6.45) is 5.55. The first-order chi connectivity index (χ1) is 13.7. The summed E-state index contributed by atoms with van der Waals surface area (Å²) in [4.78, 5) is 19.2. The molecule has 0 saturated carbocycles. The van der Waals surface area contributed by atoms with E-state index in [4.69, 9.17) is 9.47 Å². The van der Waals surface area contributed by atoms with Gasteiger partial charge in [0.05, 0.1) is 25.9 Å². The average molecular weight is 378 g/mol. The highest BCUT2D eigenvalue weighted by Gasteiger charge is 2.32. The molecular weight excluding hydrogens is 356 g/mol. The van der Waals surface area contributed by atoms with Crippen LogP contribution < -0.4 is 14.8 Å². The van der Waals surface area contributed by atoms with Crippen LogP contribution in [0.25, 0.3) is 0 Å². The van der Waals surface area contributed by atoms with Crippen molar-refractivity contribution in [3.8, 4) is 11.5 Å². The van der Waals surface area contributed by atoms with Gasteiger partial charge in [-0.05, 0) is 42.0 Å². The Morgan fingerprint density at radius 3 is 2.68 bits per heavy atom. The zero-order valence-corrected chi connectivity index (χ0v) is 15.8. The molecule has 1 N–H and O–H groups in total. The predicted octanol–water partition coefficient (Wildman–Crippen LogP) is 3.54. The Balaban J connectivity index is 1.65. The molecule has 0 unspecified atom stereocenters. The molecule has 7 heteroatoms. The minimum atomic E-state index is -0.184. The summed E-state index contributed by atoms with van der Waals surface area (Å²) in [5, 5.41) is 2.99. The number of anilines is 1. The Morgan fingerprint density at radius 1 is 1.11 bits per heavy atom. The molecule has 1 aliphatic heterocycles. The number of benzene rings is 1. The quantitative estimate of drug-likeness (QED) is 0.754. The number of nitrogens with zero attached hydrogens (tertiary/aromatic N) is 3. The third-order valence-corrected chi connectivity index (χ3v) is 4.97. The van der Waals surface area contributed by atoms with Crippen LogP contribution in [0.15, 0.2) is 61.1 Å². The Bertz CT molecular complexity index is 971. The van der Waals surface area contributed by atoms with Crippen LogP contribution in [0.3, 0.4) is 0 Å². The van der Waals surface area contributed by atoms with Crippen molar-refractivity contribution in [3.05, 3.63) is 72.3 Å². The number of rotatable bonds is 4. The SMILES string of the molecule is COc1ccc(NC(=O)N2CCn3cccc3[C@@H]2c2ccncc2)c(OC)c1. The molecule has 2 amide bonds. The van der Waals surface area contributed by atoms with E-state index >= 15 is 0 Å². The monoisotopic (exact) mass is 378 g/mol. The zero-order chi connectivity index (χ0) is 19.5. The summed E-state index contributed by atoms with van der Waals surface area (Å²) in [5.74, 6) is 1.22. The van der Waals surface area contributed by atoms with Gasteiger partial charge < -0.3 is 24.3 Å². The van der Waals surface area contributed by atoms with Gasteiger partial charge in [-0.15, -0.1) is 0 Å². The number of pyridine rings is 1. The van der Waals surface area contributed by atoms with Gasteiger partial charge in [-0.25, -0.2) is 4.79 Å². The lowest BCUT2D eigenvalue weighted by molar-refractivity contribution is 0.181. The maximum atomic E-state index is 13.2. The lowest BCUT2D eigenvalue weighted by Crippen LogP contribution is -2.44. The van der Waals surface area contributed by atoms with E-state index in [-0.39, 0.29) is 12.1 Å². The van der Waals surface area contributed by atoms with Gasteiger partial charge in [0.2, 0.25) is 0 Å². The number of fused-ring (bicyclic) bond motifs is 1. The molecule has 3 heterocycles. The lowest BCUT2D eigenvalue weighted by atomic mass is 10.0. The van der Waals surface area contributed by atoms with Crippen molar-refractivity contribution in [2.45, 2.75) is 12.6 Å². The number of aromatic nitrogens is 2. The van der Waals surface area contributed by atoms with Crippen LogP contribution in [0, 0.1) is 0 Å². The Labute approximate surface area is 163 Å². The number of methoxy groups -OCH3 is 2. The van der Waals surface area contributed by atoms with Gasteiger partial charge in [-0.3, -0.25) is 4.98 Å². The Morgan fingerprint density at radius 2 is 1.93 bits per heavy atom. The van der Waals surface area contributed by atoms with Crippen LogP contribution in [0.5, 0.6) is 11.5 Å². The third kappa shape index (κ3) is 3.26. The first kappa shape index (κ1) is 17.9. The molecule has 28 heavy (non-hydrogen) atoms. The summed E-state index contributed by atoms with van der Waals surface area (Å²) in [5.41, 5.74) is 2.70. The largest absolute Gasteiger partial charge is 0.497 e. The Kier molecular flexibility index (Phi) is 4.89. The van der Waals surface area contributed by atoms with Gasteiger partial charge in [0.1, 0.15) is 11.5 Å². The Hall–Kier alpha value is -3.48. The van der Waals surface area contributed by atoms with E-state index in [2.05, 4.69) is 20.9 Å². The molecule has 0 fully saturated rings. The van der Waals surface area contributed by atoms with Crippen LogP contribution in [0.1, 0.15) is 17.3 Å². The smallest absolute Gasteiger partial charge is 0.322 e. The lowest BCUT2D eigenvalue weighted by Gasteiger charge is -2.37. The summed E-state index contributed by atoms with van der Waals surface area (Å²) >= 11 is 0. The van der Waals surface area contributed by atoms with Gasteiger partial charge in [0.25, 0.3) is 0 Å². The second-order valence-electron chi connectivity index (χ2n) is 6.50. The second-order valence-corrected chi connectivity index (χ2v) is 6.50. The number of hydrogen-bond donors (Lipinski definition) is 1. The molecule has 3 aromatic rings. The standard InChI is InChI=1S/C21H22N4O3/c1-27-16-5-6-17(19(14-16)28-2)23-21(26)25-13-12-24-11-3-4-18(24)20(25)15-7-9-22-10-8-15/h3-11,14,20H,12-13H2,1-2H3,(H,23,26)/t20-/m0/s1. The van der Waals surface area contributed by atoms with Gasteiger partial charge in [0.15, 0.2) is 0 Å². The second kappa shape index (κ2) is 7.64. The van der Waals surface area contributed by atoms with Crippen molar-refractivity contribution in [2.75, 3.05) is 26.1 Å². The normalized spacial score (nSPS) is 15.6. The molecule has 0 aliphatic carbocycles. The fraction of sp³-hybridized carbons (Fsp3) is 0.238. The highest BCUT2D eigenvalue weighted by molar-refractivity contribution is 5.91. The van der Waals surface area contributed by atoms with Crippen molar-refractivity contribution >= 4 is 11.7 Å². The van der Waals surface area contributed by atoms with Crippen molar-refractivity contribution in [2.24, 2.45) is 0 Å². The van der Waals surface area contributed by atoms with Crippen LogP contribution in [0.2, 0.25) is 0 Å². The van der Waals surface area contributed by atoms with E-state index in [1.165, 1.54) is 0 Å². The van der Waals surface area contributed by atoms with Crippen LogP contribution in [-0.2, 0) is 6.54 Å². The molecule has 0 spiro atoms. The fourth-order valence-electron chi connectivity index (χ4n) is 3.59. The summed E-state index contributed by atoms with van der Waals surface area (Å²) in [7, 11) is 3.16. The molecule has 7 nitrogen and oxygen atoms in total. The molecule has 0 saturated heterocycles. The molecule has 1 aliphatic rings. The number of hydrogen-bond acceptors (Lipinski definition) is 4. The molecule has 4 rings (SSSR count). The highest BCUT2D eigenvalue weighted by Crippen LogP contribution is 2.34. The maximum absolute atomic E-state index is 13.2. The highest BCUT2D eigenvalue weighted by atomic mass is 16.5. The molecule has 2 aromatic heterocycles. The van der Waals surface area contributed by atoms with Crippen molar-refractivity contribution in [1.82, 2.24) is 14.5 Å². The van der Waals surface area contributed by atoms with Crippen LogP contribution >= 0.6 is 0 Å². The van der Waals surface area contributed by atoms with Gasteiger partial charge >= 0.3 is 6.03 Å². The number of carbonyl (C=O) groups is 1. The summed E-state index contributed by atoms with van der Waals surface area (Å²) in [6, 6.07) is 12.9. The minimum absolute atomic E-state index is 0.183. The zero-order valence-electron chi connectivity index (χ0n) is 15.8. The van der Waals surface area contributed by atoms with E-state index < -0.39 is 0 Å². The van der Waals surface area contributed by atoms with Gasteiger partial charge in [-0.1, -0.05) is 0 Å². The summed E-state index contributed by atoms with van der Waals surface area (Å²) < 4.78 is 12.8. The van der Waals surface area contributed by atoms with Crippen molar-refractivity contribution in [3.63, 3.8) is 0 Å². The number of ether oxygens (including phenoxy) is 2. The van der Waals surface area contributed by atoms with Gasteiger partial charge in [0, 0.05) is 43.4 Å². The number of amides is 2. The molecule has 1 atom stereocenters. The number of urea groups is 1. The van der Waals surface area contributed by atoms with E-state index in [0.717, 1.165) is 17.8 Å². The molecule has 0 bridgehead atoms. The topological polar surface area (TPSA) is 68.6 Å². The fourth-order valence-corrected chi connectivity index (χ4v) is 3.59. The molecule has 144 valence electrons. The first-order valence-corrected chi connectivity index (χ1v) is 9.06. The van der Waals surface area contributed by atoms with E-state index in [0.29, 0.717) is 23.7 Å². The van der Waals surface area contributed by atoms with Crippen molar-refractivity contribution in [1.29, 1.82) is 0 Å².